The van der Waals surface area contributed by atoms with E-state index in [1.54, 1.807) is 0 Å². The van der Waals surface area contributed by atoms with E-state index in [4.69, 9.17) is 9.47 Å². The number of nitrogens with zero attached hydrogens (tertiary/aromatic N) is 1. The maximum absolute atomic E-state index is 12.7. The Morgan fingerprint density at radius 1 is 0.564 bits per heavy atom. The van der Waals surface area contributed by atoms with Gasteiger partial charge >= 0.3 is 11.9 Å². The van der Waals surface area contributed by atoms with Crippen molar-refractivity contribution in [2.75, 3.05) is 27.2 Å². The van der Waals surface area contributed by atoms with E-state index in [-0.39, 0.29) is 11.9 Å². The standard InChI is InChI=1S/C34H67NO4/c1-5-7-9-11-13-15-16-17-18-19-20-22-24-26-31-38-34(37)32(39-33(36)29-27-30-35(3)4)28-25-23-21-14-12-10-8-6-2/h32H,5-31H2,1-4H3. The quantitative estimate of drug-likeness (QED) is 0.0654. The van der Waals surface area contributed by atoms with Gasteiger partial charge in [-0.2, -0.15) is 0 Å². The molecule has 0 aliphatic rings. The Morgan fingerprint density at radius 3 is 1.41 bits per heavy atom. The van der Waals surface area contributed by atoms with Crippen LogP contribution in [0.5, 0.6) is 0 Å². The van der Waals surface area contributed by atoms with Crippen LogP contribution in [0.1, 0.15) is 174 Å². The summed E-state index contributed by atoms with van der Waals surface area (Å²) in [6.07, 6.45) is 28.8. The van der Waals surface area contributed by atoms with E-state index in [1.807, 2.05) is 14.1 Å². The van der Waals surface area contributed by atoms with Gasteiger partial charge in [-0.3, -0.25) is 4.79 Å². The smallest absolute Gasteiger partial charge is 0.347 e. The van der Waals surface area contributed by atoms with Crippen molar-refractivity contribution in [1.82, 2.24) is 4.90 Å². The highest BCUT2D eigenvalue weighted by atomic mass is 16.6. The van der Waals surface area contributed by atoms with Gasteiger partial charge in [0, 0.05) is 6.42 Å². The summed E-state index contributed by atoms with van der Waals surface area (Å²) in [6.45, 7) is 5.78. The van der Waals surface area contributed by atoms with Crippen LogP contribution < -0.4 is 0 Å². The normalized spacial score (nSPS) is 12.1. The molecule has 5 nitrogen and oxygen atoms in total. The van der Waals surface area contributed by atoms with Crippen molar-refractivity contribution >= 4 is 11.9 Å². The number of ether oxygens (including phenoxy) is 2. The Labute approximate surface area is 243 Å². The van der Waals surface area contributed by atoms with Crippen LogP contribution in [-0.4, -0.2) is 50.2 Å². The zero-order valence-electron chi connectivity index (χ0n) is 26.7. The van der Waals surface area contributed by atoms with E-state index in [0.717, 1.165) is 38.6 Å². The Hall–Kier alpha value is -1.10. The van der Waals surface area contributed by atoms with Gasteiger partial charge in [0.15, 0.2) is 6.10 Å². The van der Waals surface area contributed by atoms with Crippen molar-refractivity contribution in [2.24, 2.45) is 0 Å². The minimum atomic E-state index is -0.747. The first-order chi connectivity index (χ1) is 19.0. The third-order valence-electron chi connectivity index (χ3n) is 7.58. The zero-order chi connectivity index (χ0) is 28.8. The Morgan fingerprint density at radius 2 is 0.974 bits per heavy atom. The number of rotatable bonds is 30. The molecule has 0 heterocycles. The summed E-state index contributed by atoms with van der Waals surface area (Å²) in [5.41, 5.74) is 0. The predicted molar refractivity (Wildman–Crippen MR) is 166 cm³/mol. The number of unbranched alkanes of at least 4 members (excludes halogenated alkanes) is 20. The average molecular weight is 554 g/mol. The maximum atomic E-state index is 12.7. The highest BCUT2D eigenvalue weighted by Gasteiger charge is 2.24. The average Bonchev–Trinajstić information content (AvgIpc) is 2.91. The first-order valence-electron chi connectivity index (χ1n) is 17.0. The molecule has 0 saturated carbocycles. The molecule has 0 aromatic carbocycles. The van der Waals surface area contributed by atoms with Crippen LogP contribution in [0.2, 0.25) is 0 Å². The first kappa shape index (κ1) is 37.9. The molecule has 0 aliphatic carbocycles. The Bertz CT molecular complexity index is 537. The van der Waals surface area contributed by atoms with Crippen LogP contribution in [0.25, 0.3) is 0 Å². The molecule has 0 radical (unpaired) electrons. The van der Waals surface area contributed by atoms with Crippen LogP contribution in [0.3, 0.4) is 0 Å². The molecule has 1 atom stereocenters. The molecule has 0 bridgehead atoms. The lowest BCUT2D eigenvalue weighted by molar-refractivity contribution is -0.168. The highest BCUT2D eigenvalue weighted by Crippen LogP contribution is 2.15. The van der Waals surface area contributed by atoms with E-state index in [2.05, 4.69) is 18.7 Å². The van der Waals surface area contributed by atoms with E-state index < -0.39 is 6.10 Å². The van der Waals surface area contributed by atoms with Crippen molar-refractivity contribution in [3.8, 4) is 0 Å². The second-order valence-corrected chi connectivity index (χ2v) is 11.9. The molecule has 0 amide bonds. The minimum Gasteiger partial charge on any atom is -0.463 e. The summed E-state index contributed by atoms with van der Waals surface area (Å²) in [5.74, 6) is -0.636. The molecule has 0 saturated heterocycles. The second-order valence-electron chi connectivity index (χ2n) is 11.9. The SMILES string of the molecule is CCCCCCCCCCCCCCCCOC(=O)C(CCCCCCCCCC)OC(=O)CCCN(C)C. The summed E-state index contributed by atoms with van der Waals surface area (Å²) < 4.78 is 11.1. The lowest BCUT2D eigenvalue weighted by atomic mass is 10.0. The van der Waals surface area contributed by atoms with Crippen LogP contribution >= 0.6 is 0 Å². The van der Waals surface area contributed by atoms with E-state index in [1.165, 1.54) is 116 Å². The molecule has 0 aromatic heterocycles. The van der Waals surface area contributed by atoms with Gasteiger partial charge in [-0.1, -0.05) is 142 Å². The van der Waals surface area contributed by atoms with Gasteiger partial charge in [-0.15, -0.1) is 0 Å². The third-order valence-corrected chi connectivity index (χ3v) is 7.58. The Balaban J connectivity index is 4.02. The van der Waals surface area contributed by atoms with Crippen molar-refractivity contribution in [3.05, 3.63) is 0 Å². The van der Waals surface area contributed by atoms with Gasteiger partial charge in [0.05, 0.1) is 6.61 Å². The van der Waals surface area contributed by atoms with Gasteiger partial charge in [-0.25, -0.2) is 4.79 Å². The topological polar surface area (TPSA) is 55.8 Å². The number of esters is 2. The predicted octanol–water partition coefficient (Wildman–Crippen LogP) is 9.80. The first-order valence-corrected chi connectivity index (χ1v) is 17.0. The molecule has 0 aromatic rings. The summed E-state index contributed by atoms with van der Waals surface area (Å²) >= 11 is 0. The summed E-state index contributed by atoms with van der Waals surface area (Å²) in [4.78, 5) is 27.1. The van der Waals surface area contributed by atoms with Crippen molar-refractivity contribution in [3.63, 3.8) is 0 Å². The van der Waals surface area contributed by atoms with Gasteiger partial charge in [-0.05, 0) is 46.3 Å². The largest absolute Gasteiger partial charge is 0.463 e. The van der Waals surface area contributed by atoms with Gasteiger partial charge in [0.2, 0.25) is 0 Å². The molecule has 0 rings (SSSR count). The van der Waals surface area contributed by atoms with Crippen molar-refractivity contribution < 1.29 is 19.1 Å². The fraction of sp³-hybridized carbons (Fsp3) is 0.941. The van der Waals surface area contributed by atoms with Gasteiger partial charge in [0.25, 0.3) is 0 Å². The number of hydrogen-bond donors (Lipinski definition) is 0. The summed E-state index contributed by atoms with van der Waals surface area (Å²) in [6, 6.07) is 0. The van der Waals surface area contributed by atoms with Gasteiger partial charge < -0.3 is 14.4 Å². The zero-order valence-corrected chi connectivity index (χ0v) is 26.7. The molecule has 5 heteroatoms. The number of carbonyl (C=O) groups is 2. The molecule has 0 spiro atoms. The van der Waals surface area contributed by atoms with Crippen LogP contribution in [0, 0.1) is 0 Å². The van der Waals surface area contributed by atoms with Crippen molar-refractivity contribution in [2.45, 2.75) is 180 Å². The maximum Gasteiger partial charge on any atom is 0.347 e. The number of carbonyl (C=O) groups excluding carboxylic acids is 2. The number of hydrogen-bond acceptors (Lipinski definition) is 5. The molecule has 1 unspecified atom stereocenters. The summed E-state index contributed by atoms with van der Waals surface area (Å²) in [7, 11) is 3.98. The third kappa shape index (κ3) is 28.2. The lowest BCUT2D eigenvalue weighted by Gasteiger charge is -2.17. The minimum absolute atomic E-state index is 0.283. The molecule has 39 heavy (non-hydrogen) atoms. The fourth-order valence-corrected chi connectivity index (χ4v) is 5.01. The molecule has 232 valence electrons. The molecule has 0 N–H and O–H groups in total. The summed E-state index contributed by atoms with van der Waals surface area (Å²) in [5, 5.41) is 0. The van der Waals surface area contributed by atoms with Crippen molar-refractivity contribution in [1.29, 1.82) is 0 Å². The molecular formula is C34H67NO4. The second kappa shape index (κ2) is 29.9. The monoisotopic (exact) mass is 554 g/mol. The highest BCUT2D eigenvalue weighted by molar-refractivity contribution is 5.79. The lowest BCUT2D eigenvalue weighted by Crippen LogP contribution is -2.30. The Kier molecular flexibility index (Phi) is 29.0. The van der Waals surface area contributed by atoms with Gasteiger partial charge in [0.1, 0.15) is 0 Å². The molecular weight excluding hydrogens is 486 g/mol. The van der Waals surface area contributed by atoms with E-state index >= 15 is 0 Å². The fourth-order valence-electron chi connectivity index (χ4n) is 5.01. The van der Waals surface area contributed by atoms with Crippen LogP contribution in [0.15, 0.2) is 0 Å². The molecule has 0 aliphatic heterocycles. The van der Waals surface area contributed by atoms with Crippen LogP contribution in [-0.2, 0) is 19.1 Å². The van der Waals surface area contributed by atoms with E-state index in [9.17, 15) is 9.59 Å². The van der Waals surface area contributed by atoms with Crippen LogP contribution in [0.4, 0.5) is 0 Å². The molecule has 0 fully saturated rings. The van der Waals surface area contributed by atoms with E-state index in [0.29, 0.717) is 19.4 Å².